The van der Waals surface area contributed by atoms with Crippen LogP contribution in [0.25, 0.3) is 43.1 Å². The van der Waals surface area contributed by atoms with Gasteiger partial charge in [-0.1, -0.05) is 42.5 Å². The number of imide groups is 2. The fraction of sp³-hybridized carbons (Fsp3) is 0. The summed E-state index contributed by atoms with van der Waals surface area (Å²) in [7, 11) is 0. The van der Waals surface area contributed by atoms with E-state index in [1.807, 2.05) is 30.3 Å². The van der Waals surface area contributed by atoms with Crippen molar-refractivity contribution in [2.24, 2.45) is 0 Å². The first-order valence-electron chi connectivity index (χ1n) is 11.5. The number of carbonyl (C=O) groups excluding carboxylic acids is 4. The number of hydrogen-bond acceptors (Lipinski definition) is 4. The second-order valence-corrected chi connectivity index (χ2v) is 9.21. The minimum absolute atomic E-state index is 0.360. The lowest BCUT2D eigenvalue weighted by molar-refractivity contribution is 0.0840. The Morgan fingerprint density at radius 2 is 0.861 bits per heavy atom. The summed E-state index contributed by atoms with van der Waals surface area (Å²) in [4.78, 5) is 53.6. The SMILES string of the molecule is O=C1NC(=O)c2ccc3c4ccc5c6c(ccc(c7ccc1c2c73)c64)C(=O)N(c1ccccc1)C5=O. The number of para-hydroxylation sites is 1. The van der Waals surface area contributed by atoms with Crippen LogP contribution < -0.4 is 10.2 Å². The summed E-state index contributed by atoms with van der Waals surface area (Å²) in [6, 6.07) is 23.5. The molecular weight excluding hydrogens is 452 g/mol. The molecule has 6 heteroatoms. The van der Waals surface area contributed by atoms with Gasteiger partial charge in [-0.25, -0.2) is 4.90 Å². The first-order valence-corrected chi connectivity index (χ1v) is 11.5. The summed E-state index contributed by atoms with van der Waals surface area (Å²) in [5.74, 6) is -1.55. The van der Waals surface area contributed by atoms with E-state index in [0.717, 1.165) is 32.3 Å². The molecule has 2 aliphatic heterocycles. The predicted octanol–water partition coefficient (Wildman–Crippen LogP) is 5.42. The van der Waals surface area contributed by atoms with E-state index in [0.29, 0.717) is 38.7 Å². The molecule has 0 aromatic heterocycles. The maximum Gasteiger partial charge on any atom is 0.265 e. The molecule has 0 saturated heterocycles. The van der Waals surface area contributed by atoms with E-state index in [1.54, 1.807) is 48.5 Å². The van der Waals surface area contributed by atoms with Crippen LogP contribution in [0.15, 0.2) is 78.9 Å². The molecule has 8 rings (SSSR count). The number of rotatable bonds is 1. The van der Waals surface area contributed by atoms with E-state index in [1.165, 1.54) is 4.90 Å². The number of nitrogens with one attached hydrogen (secondary N) is 1. The standard InChI is InChI=1S/C30H14N2O4/c33-27-19-10-6-15-17-8-12-21-26-22(30(36)32(29(21)35)14-4-2-1-3-5-14)13-9-18(24(17)26)16-7-11-20(28(34)31-27)25(19)23(15)16/h1-13H,(H,31,33,34). The van der Waals surface area contributed by atoms with Crippen molar-refractivity contribution in [3.8, 4) is 0 Å². The number of hydrogen-bond donors (Lipinski definition) is 1. The summed E-state index contributed by atoms with van der Waals surface area (Å²) in [5.41, 5.74) is 2.39. The number of fused-ring (bicyclic) bond motifs is 2. The van der Waals surface area contributed by atoms with Crippen molar-refractivity contribution >= 4 is 72.4 Å². The van der Waals surface area contributed by atoms with Crippen LogP contribution in [-0.2, 0) is 0 Å². The Bertz CT molecular complexity index is 1920. The summed E-state index contributed by atoms with van der Waals surface area (Å²) in [5, 5.41) is 8.84. The van der Waals surface area contributed by atoms with Crippen LogP contribution in [0.3, 0.4) is 0 Å². The zero-order valence-corrected chi connectivity index (χ0v) is 18.6. The van der Waals surface area contributed by atoms with Gasteiger partial charge in [0.25, 0.3) is 23.6 Å². The smallest absolute Gasteiger partial charge is 0.265 e. The minimum atomic E-state index is -0.413. The number of amides is 4. The summed E-state index contributed by atoms with van der Waals surface area (Å²) in [6.45, 7) is 0. The molecule has 0 unspecified atom stereocenters. The first kappa shape index (κ1) is 19.2. The molecule has 0 radical (unpaired) electrons. The minimum Gasteiger partial charge on any atom is -0.288 e. The molecule has 0 bridgehead atoms. The van der Waals surface area contributed by atoms with Gasteiger partial charge >= 0.3 is 0 Å². The van der Waals surface area contributed by atoms with E-state index in [9.17, 15) is 19.2 Å². The highest BCUT2D eigenvalue weighted by atomic mass is 16.2. The van der Waals surface area contributed by atoms with Crippen LogP contribution >= 0.6 is 0 Å². The quantitative estimate of drug-likeness (QED) is 0.199. The molecule has 0 spiro atoms. The lowest BCUT2D eigenvalue weighted by atomic mass is 9.82. The molecule has 2 heterocycles. The first-order chi connectivity index (χ1) is 17.5. The van der Waals surface area contributed by atoms with E-state index < -0.39 is 11.8 Å². The Hall–Kier alpha value is -5.10. The highest BCUT2D eigenvalue weighted by Gasteiger charge is 2.35. The third-order valence-electron chi connectivity index (χ3n) is 7.50. The van der Waals surface area contributed by atoms with Crippen LogP contribution in [0.4, 0.5) is 5.69 Å². The lowest BCUT2D eigenvalue weighted by Gasteiger charge is -2.28. The summed E-state index contributed by atoms with van der Waals surface area (Å²) in [6.07, 6.45) is 0. The van der Waals surface area contributed by atoms with Gasteiger partial charge in [0.1, 0.15) is 0 Å². The van der Waals surface area contributed by atoms with Gasteiger partial charge in [-0.3, -0.25) is 24.5 Å². The second-order valence-electron chi connectivity index (χ2n) is 9.21. The van der Waals surface area contributed by atoms with Crippen LogP contribution in [0.1, 0.15) is 41.4 Å². The monoisotopic (exact) mass is 466 g/mol. The topological polar surface area (TPSA) is 83.6 Å². The Morgan fingerprint density at radius 3 is 1.33 bits per heavy atom. The Morgan fingerprint density at radius 1 is 0.444 bits per heavy atom. The fourth-order valence-electron chi connectivity index (χ4n) is 6.01. The van der Waals surface area contributed by atoms with Crippen LogP contribution in [0.5, 0.6) is 0 Å². The maximum atomic E-state index is 13.6. The molecule has 1 N–H and O–H groups in total. The molecule has 36 heavy (non-hydrogen) atoms. The number of anilines is 1. The van der Waals surface area contributed by atoms with Gasteiger partial charge in [0.15, 0.2) is 0 Å². The van der Waals surface area contributed by atoms with Crippen molar-refractivity contribution in [2.75, 3.05) is 4.90 Å². The van der Waals surface area contributed by atoms with Crippen molar-refractivity contribution in [3.63, 3.8) is 0 Å². The van der Waals surface area contributed by atoms with Gasteiger partial charge in [-0.2, -0.15) is 0 Å². The van der Waals surface area contributed by atoms with Gasteiger partial charge < -0.3 is 0 Å². The molecule has 0 fully saturated rings. The highest BCUT2D eigenvalue weighted by molar-refractivity contribution is 6.43. The fourth-order valence-corrected chi connectivity index (χ4v) is 6.01. The van der Waals surface area contributed by atoms with Crippen molar-refractivity contribution in [1.29, 1.82) is 0 Å². The number of nitrogens with zero attached hydrogens (tertiary/aromatic N) is 1. The molecule has 168 valence electrons. The van der Waals surface area contributed by atoms with E-state index in [-0.39, 0.29) is 11.8 Å². The zero-order valence-electron chi connectivity index (χ0n) is 18.6. The van der Waals surface area contributed by atoms with Gasteiger partial charge in [-0.05, 0) is 68.7 Å². The summed E-state index contributed by atoms with van der Waals surface area (Å²) >= 11 is 0. The Balaban J connectivity index is 1.53. The Labute approximate surface area is 203 Å². The largest absolute Gasteiger partial charge is 0.288 e. The second kappa shape index (κ2) is 6.31. The molecule has 6 aromatic carbocycles. The van der Waals surface area contributed by atoms with E-state index in [2.05, 4.69) is 5.32 Å². The van der Waals surface area contributed by atoms with Gasteiger partial charge in [0.05, 0.1) is 5.69 Å². The lowest BCUT2D eigenvalue weighted by Crippen LogP contribution is -2.40. The van der Waals surface area contributed by atoms with Crippen molar-refractivity contribution in [1.82, 2.24) is 5.32 Å². The molecule has 2 aliphatic rings. The number of carbonyl (C=O) groups is 4. The highest BCUT2D eigenvalue weighted by Crippen LogP contribution is 2.45. The molecule has 0 aliphatic carbocycles. The van der Waals surface area contributed by atoms with Crippen LogP contribution in [0.2, 0.25) is 0 Å². The molecule has 6 nitrogen and oxygen atoms in total. The van der Waals surface area contributed by atoms with Crippen molar-refractivity contribution in [3.05, 3.63) is 101 Å². The molecular formula is C30H14N2O4. The third-order valence-corrected chi connectivity index (χ3v) is 7.50. The maximum absolute atomic E-state index is 13.6. The van der Waals surface area contributed by atoms with E-state index >= 15 is 0 Å². The van der Waals surface area contributed by atoms with Gasteiger partial charge in [-0.15, -0.1) is 0 Å². The number of benzene rings is 6. The molecule has 0 atom stereocenters. The van der Waals surface area contributed by atoms with Gasteiger partial charge in [0, 0.05) is 33.0 Å². The summed E-state index contributed by atoms with van der Waals surface area (Å²) < 4.78 is 0. The van der Waals surface area contributed by atoms with Crippen LogP contribution in [-0.4, -0.2) is 23.6 Å². The Kier molecular flexibility index (Phi) is 3.37. The average molecular weight is 466 g/mol. The normalized spacial score (nSPS) is 15.1. The molecule has 0 saturated carbocycles. The zero-order chi connectivity index (χ0) is 24.3. The van der Waals surface area contributed by atoms with E-state index in [4.69, 9.17) is 0 Å². The van der Waals surface area contributed by atoms with Crippen LogP contribution in [0, 0.1) is 0 Å². The van der Waals surface area contributed by atoms with Gasteiger partial charge in [0.2, 0.25) is 0 Å². The molecule has 6 aromatic rings. The predicted molar refractivity (Wildman–Crippen MR) is 137 cm³/mol. The average Bonchev–Trinajstić information content (AvgIpc) is 2.90. The van der Waals surface area contributed by atoms with Crippen molar-refractivity contribution < 1.29 is 19.2 Å². The molecule has 4 amide bonds. The third kappa shape index (κ3) is 2.12. The van der Waals surface area contributed by atoms with Crippen molar-refractivity contribution in [2.45, 2.75) is 0 Å².